The van der Waals surface area contributed by atoms with Crippen molar-refractivity contribution in [2.45, 2.75) is 19.2 Å². The minimum Gasteiger partial charge on any atom is -0.367 e. The van der Waals surface area contributed by atoms with Gasteiger partial charge in [-0.25, -0.2) is 4.98 Å². The lowest BCUT2D eigenvalue weighted by Crippen LogP contribution is -2.17. The van der Waals surface area contributed by atoms with E-state index in [-0.39, 0.29) is 0 Å². The molecule has 0 fully saturated rings. The maximum absolute atomic E-state index is 5.38. The molecule has 0 saturated heterocycles. The van der Waals surface area contributed by atoms with Crippen molar-refractivity contribution in [1.29, 1.82) is 0 Å². The number of pyridine rings is 1. The summed E-state index contributed by atoms with van der Waals surface area (Å²) in [6.07, 6.45) is 2.08. The Labute approximate surface area is 139 Å². The molecule has 3 aromatic rings. The predicted molar refractivity (Wildman–Crippen MR) is 97.1 cm³/mol. The molecule has 0 atom stereocenters. The molecule has 0 aliphatic carbocycles. The van der Waals surface area contributed by atoms with Crippen LogP contribution >= 0.6 is 24.0 Å². The second kappa shape index (κ2) is 6.94. The first kappa shape index (κ1) is 15.1. The molecule has 0 aliphatic rings. The summed E-state index contributed by atoms with van der Waals surface area (Å²) in [5.41, 5.74) is 4.45. The summed E-state index contributed by atoms with van der Waals surface area (Å²) in [6, 6.07) is 16.4. The van der Waals surface area contributed by atoms with E-state index in [1.807, 2.05) is 30.3 Å². The third-order valence-corrected chi connectivity index (χ3v) is 4.72. The summed E-state index contributed by atoms with van der Waals surface area (Å²) < 4.78 is 2.91. The second-order valence-electron chi connectivity index (χ2n) is 5.04. The molecule has 0 saturated carbocycles. The molecule has 3 rings (SSSR count). The molecule has 2 heterocycles. The van der Waals surface area contributed by atoms with Gasteiger partial charge in [0.05, 0.1) is 5.69 Å². The number of thiocarbonyl (C=S) groups is 1. The van der Waals surface area contributed by atoms with E-state index >= 15 is 0 Å². The number of nitrogens with one attached hydrogen (secondary N) is 1. The van der Waals surface area contributed by atoms with Crippen LogP contribution in [0, 0.1) is 6.92 Å². The predicted octanol–water partition coefficient (Wildman–Crippen LogP) is 3.95. The Morgan fingerprint density at radius 3 is 2.77 bits per heavy atom. The minimum absolute atomic E-state index is 0.761. The highest BCUT2D eigenvalue weighted by Gasteiger charge is 2.05. The largest absolute Gasteiger partial charge is 0.367 e. The first-order chi connectivity index (χ1) is 10.7. The maximum atomic E-state index is 5.38. The van der Waals surface area contributed by atoms with Crippen LogP contribution in [0.1, 0.15) is 17.0 Å². The van der Waals surface area contributed by atoms with E-state index in [1.165, 1.54) is 11.3 Å². The van der Waals surface area contributed by atoms with E-state index in [9.17, 15) is 0 Å². The first-order valence-corrected chi connectivity index (χ1v) is 8.50. The standard InChI is InChI=1S/C17H17N3S2/c1-13-6-5-9-16-19-15(11-20(13)16)12-22-17(21)18-10-14-7-3-2-4-8-14/h2-9,11H,10,12H2,1H3,(H,18,21). The average Bonchev–Trinajstić information content (AvgIpc) is 2.96. The highest BCUT2D eigenvalue weighted by Crippen LogP contribution is 2.15. The molecule has 0 radical (unpaired) electrons. The van der Waals surface area contributed by atoms with E-state index in [1.54, 1.807) is 11.8 Å². The topological polar surface area (TPSA) is 29.3 Å². The Hall–Kier alpha value is -1.85. The van der Waals surface area contributed by atoms with Crippen LogP contribution < -0.4 is 5.32 Å². The van der Waals surface area contributed by atoms with Gasteiger partial charge in [0.15, 0.2) is 0 Å². The number of thioether (sulfide) groups is 1. The normalized spacial score (nSPS) is 10.8. The van der Waals surface area contributed by atoms with Crippen LogP contribution in [0.3, 0.4) is 0 Å². The molecular weight excluding hydrogens is 310 g/mol. The molecule has 112 valence electrons. The van der Waals surface area contributed by atoms with Crippen molar-refractivity contribution in [3.8, 4) is 0 Å². The Morgan fingerprint density at radius 1 is 1.18 bits per heavy atom. The summed E-state index contributed by atoms with van der Waals surface area (Å²) in [6.45, 7) is 2.84. The fourth-order valence-corrected chi connectivity index (χ4v) is 3.07. The van der Waals surface area contributed by atoms with Crippen molar-refractivity contribution >= 4 is 33.9 Å². The second-order valence-corrected chi connectivity index (χ2v) is 6.70. The molecular formula is C17H17N3S2. The lowest BCUT2D eigenvalue weighted by Gasteiger charge is -2.06. The van der Waals surface area contributed by atoms with Crippen LogP contribution in [0.5, 0.6) is 0 Å². The van der Waals surface area contributed by atoms with Crippen molar-refractivity contribution in [3.05, 3.63) is 71.7 Å². The molecule has 1 N–H and O–H groups in total. The average molecular weight is 327 g/mol. The van der Waals surface area contributed by atoms with E-state index in [0.717, 1.165) is 28.0 Å². The van der Waals surface area contributed by atoms with Crippen LogP contribution in [0.15, 0.2) is 54.7 Å². The van der Waals surface area contributed by atoms with Crippen LogP contribution in [-0.4, -0.2) is 13.7 Å². The van der Waals surface area contributed by atoms with Crippen molar-refractivity contribution < 1.29 is 0 Å². The van der Waals surface area contributed by atoms with Gasteiger partial charge >= 0.3 is 0 Å². The van der Waals surface area contributed by atoms with Crippen molar-refractivity contribution in [3.63, 3.8) is 0 Å². The number of hydrogen-bond acceptors (Lipinski definition) is 3. The number of rotatable bonds is 4. The number of fused-ring (bicyclic) bond motifs is 1. The monoisotopic (exact) mass is 327 g/mol. The van der Waals surface area contributed by atoms with E-state index in [4.69, 9.17) is 12.2 Å². The van der Waals surface area contributed by atoms with Gasteiger partial charge in [0, 0.05) is 24.2 Å². The fourth-order valence-electron chi connectivity index (χ4n) is 2.23. The van der Waals surface area contributed by atoms with Crippen LogP contribution in [-0.2, 0) is 12.3 Å². The summed E-state index contributed by atoms with van der Waals surface area (Å²) in [4.78, 5) is 4.62. The summed E-state index contributed by atoms with van der Waals surface area (Å²) in [5, 5.41) is 3.27. The number of hydrogen-bond donors (Lipinski definition) is 1. The molecule has 0 unspecified atom stereocenters. The molecule has 0 spiro atoms. The quantitative estimate of drug-likeness (QED) is 0.735. The molecule has 5 heteroatoms. The maximum Gasteiger partial charge on any atom is 0.137 e. The number of benzene rings is 1. The Balaban J connectivity index is 1.55. The van der Waals surface area contributed by atoms with Crippen molar-refractivity contribution in [2.75, 3.05) is 0 Å². The zero-order valence-electron chi connectivity index (χ0n) is 12.3. The smallest absolute Gasteiger partial charge is 0.137 e. The molecule has 22 heavy (non-hydrogen) atoms. The number of aromatic nitrogens is 2. The molecule has 3 nitrogen and oxygen atoms in total. The van der Waals surface area contributed by atoms with Crippen LogP contribution in [0.25, 0.3) is 5.65 Å². The number of imidazole rings is 1. The van der Waals surface area contributed by atoms with E-state index < -0.39 is 0 Å². The Bertz CT molecular complexity index is 781. The summed E-state index contributed by atoms with van der Waals surface area (Å²) >= 11 is 6.99. The van der Waals surface area contributed by atoms with Gasteiger partial charge in [-0.1, -0.05) is 60.4 Å². The van der Waals surface area contributed by atoms with Gasteiger partial charge in [-0.05, 0) is 24.6 Å². The zero-order valence-corrected chi connectivity index (χ0v) is 14.0. The first-order valence-electron chi connectivity index (χ1n) is 7.10. The van der Waals surface area contributed by atoms with Gasteiger partial charge in [0.2, 0.25) is 0 Å². The summed E-state index contributed by atoms with van der Waals surface area (Å²) in [7, 11) is 0. The zero-order chi connectivity index (χ0) is 15.4. The lowest BCUT2D eigenvalue weighted by atomic mass is 10.2. The molecule has 0 bridgehead atoms. The SMILES string of the molecule is Cc1cccc2nc(CSC(=S)NCc3ccccc3)cn12. The van der Waals surface area contributed by atoms with Gasteiger partial charge in [0.1, 0.15) is 9.97 Å². The van der Waals surface area contributed by atoms with Crippen LogP contribution in [0.2, 0.25) is 0 Å². The third kappa shape index (κ3) is 3.67. The number of nitrogens with zero attached hydrogens (tertiary/aromatic N) is 2. The minimum atomic E-state index is 0.761. The molecule has 2 aromatic heterocycles. The highest BCUT2D eigenvalue weighted by molar-refractivity contribution is 8.22. The van der Waals surface area contributed by atoms with Gasteiger partial charge in [-0.15, -0.1) is 0 Å². The van der Waals surface area contributed by atoms with Gasteiger partial charge in [0.25, 0.3) is 0 Å². The third-order valence-electron chi connectivity index (χ3n) is 3.38. The molecule has 0 aliphatic heterocycles. The lowest BCUT2D eigenvalue weighted by molar-refractivity contribution is 0.939. The van der Waals surface area contributed by atoms with E-state index in [0.29, 0.717) is 0 Å². The Kier molecular flexibility index (Phi) is 4.75. The fraction of sp³-hybridized carbons (Fsp3) is 0.176. The van der Waals surface area contributed by atoms with Gasteiger partial charge in [-0.3, -0.25) is 0 Å². The van der Waals surface area contributed by atoms with Crippen molar-refractivity contribution in [2.24, 2.45) is 0 Å². The molecule has 0 amide bonds. The number of aryl methyl sites for hydroxylation is 1. The van der Waals surface area contributed by atoms with E-state index in [2.05, 4.69) is 46.0 Å². The molecule has 1 aromatic carbocycles. The highest BCUT2D eigenvalue weighted by atomic mass is 32.2. The Morgan fingerprint density at radius 2 is 2.00 bits per heavy atom. The van der Waals surface area contributed by atoms with Crippen LogP contribution in [0.4, 0.5) is 0 Å². The summed E-state index contributed by atoms with van der Waals surface area (Å²) in [5.74, 6) is 0.780. The van der Waals surface area contributed by atoms with Crippen molar-refractivity contribution in [1.82, 2.24) is 14.7 Å². The van der Waals surface area contributed by atoms with Gasteiger partial charge in [-0.2, -0.15) is 0 Å². The van der Waals surface area contributed by atoms with Gasteiger partial charge < -0.3 is 9.72 Å².